The van der Waals surface area contributed by atoms with E-state index in [1.165, 1.54) is 11.1 Å². The minimum Gasteiger partial charge on any atom is -0.339 e. The average Bonchev–Trinajstić information content (AvgIpc) is 2.95. The zero-order valence-corrected chi connectivity index (χ0v) is 20.3. The minimum absolute atomic E-state index is 0.117. The Morgan fingerprint density at radius 1 is 0.444 bits per heavy atom. The second kappa shape index (κ2) is 11.0. The Labute approximate surface area is 212 Å². The first-order valence-corrected chi connectivity index (χ1v) is 12.5. The first-order valence-electron chi connectivity index (χ1n) is 12.5. The first-order chi connectivity index (χ1) is 17.7. The number of rotatable bonds is 6. The van der Waals surface area contributed by atoms with Crippen LogP contribution in [-0.2, 0) is 22.4 Å². The van der Waals surface area contributed by atoms with Gasteiger partial charge in [0.05, 0.1) is 12.8 Å². The normalized spacial score (nSPS) is 13.4. The summed E-state index contributed by atoms with van der Waals surface area (Å²) < 4.78 is 0. The van der Waals surface area contributed by atoms with Crippen molar-refractivity contribution in [3.05, 3.63) is 120 Å². The van der Waals surface area contributed by atoms with Crippen molar-refractivity contribution in [3.8, 4) is 22.3 Å². The third-order valence-electron chi connectivity index (χ3n) is 6.82. The van der Waals surface area contributed by atoms with Gasteiger partial charge in [-0.05, 0) is 33.4 Å². The second-order valence-electron chi connectivity index (χ2n) is 9.24. The fraction of sp³-hybridized carbons (Fsp3) is 0.188. The summed E-state index contributed by atoms with van der Waals surface area (Å²) in [5.74, 6) is 0.233. The Balaban J connectivity index is 1.10. The van der Waals surface area contributed by atoms with Crippen molar-refractivity contribution >= 4 is 11.8 Å². The van der Waals surface area contributed by atoms with Crippen LogP contribution >= 0.6 is 0 Å². The van der Waals surface area contributed by atoms with Crippen molar-refractivity contribution in [2.24, 2.45) is 0 Å². The highest BCUT2D eigenvalue weighted by molar-refractivity contribution is 5.81. The fourth-order valence-electron chi connectivity index (χ4n) is 4.67. The standard InChI is InChI=1S/C32H30N2O2/c35-31(23-25-11-15-29(16-12-25)27-7-3-1-4-8-27)33-19-21-34(22-20-33)32(36)24-26-13-17-30(18-14-26)28-9-5-2-6-10-28/h1-18H,19-24H2. The highest BCUT2D eigenvalue weighted by Crippen LogP contribution is 2.21. The molecule has 0 aromatic heterocycles. The predicted octanol–water partition coefficient (Wildman–Crippen LogP) is 5.48. The highest BCUT2D eigenvalue weighted by atomic mass is 16.2. The summed E-state index contributed by atoms with van der Waals surface area (Å²) in [4.78, 5) is 29.5. The van der Waals surface area contributed by atoms with Crippen LogP contribution in [0, 0.1) is 0 Å². The average molecular weight is 475 g/mol. The third kappa shape index (κ3) is 5.72. The fourth-order valence-corrected chi connectivity index (χ4v) is 4.67. The molecule has 4 aromatic carbocycles. The Bertz CT molecular complexity index is 1190. The number of hydrogen-bond acceptors (Lipinski definition) is 2. The lowest BCUT2D eigenvalue weighted by Crippen LogP contribution is -2.51. The summed E-state index contributed by atoms with van der Waals surface area (Å²) in [6, 6.07) is 36.9. The summed E-state index contributed by atoms with van der Waals surface area (Å²) in [7, 11) is 0. The molecule has 4 nitrogen and oxygen atoms in total. The zero-order valence-electron chi connectivity index (χ0n) is 20.3. The van der Waals surface area contributed by atoms with Crippen LogP contribution < -0.4 is 0 Å². The van der Waals surface area contributed by atoms with E-state index in [2.05, 4.69) is 48.5 Å². The maximum absolute atomic E-state index is 12.9. The largest absolute Gasteiger partial charge is 0.339 e. The van der Waals surface area contributed by atoms with E-state index in [9.17, 15) is 9.59 Å². The van der Waals surface area contributed by atoms with E-state index in [0.717, 1.165) is 22.3 Å². The van der Waals surface area contributed by atoms with E-state index in [-0.39, 0.29) is 11.8 Å². The van der Waals surface area contributed by atoms with Crippen molar-refractivity contribution in [2.45, 2.75) is 12.8 Å². The van der Waals surface area contributed by atoms with Crippen molar-refractivity contribution in [3.63, 3.8) is 0 Å². The van der Waals surface area contributed by atoms with E-state index < -0.39 is 0 Å². The van der Waals surface area contributed by atoms with E-state index in [1.54, 1.807) is 0 Å². The number of amides is 2. The van der Waals surface area contributed by atoms with Crippen LogP contribution in [0.1, 0.15) is 11.1 Å². The molecule has 2 amide bonds. The van der Waals surface area contributed by atoms with Crippen LogP contribution in [0.25, 0.3) is 22.3 Å². The minimum atomic E-state index is 0.117. The molecular formula is C32H30N2O2. The zero-order chi connectivity index (χ0) is 24.7. The molecule has 4 aromatic rings. The molecule has 0 unspecified atom stereocenters. The van der Waals surface area contributed by atoms with Crippen molar-refractivity contribution in [1.29, 1.82) is 0 Å². The lowest BCUT2D eigenvalue weighted by Gasteiger charge is -2.35. The number of carbonyl (C=O) groups is 2. The number of nitrogens with zero attached hydrogens (tertiary/aromatic N) is 2. The Hall–Kier alpha value is -4.18. The number of carbonyl (C=O) groups excluding carboxylic acids is 2. The second-order valence-corrected chi connectivity index (χ2v) is 9.24. The van der Waals surface area contributed by atoms with Gasteiger partial charge in [0.15, 0.2) is 0 Å². The van der Waals surface area contributed by atoms with Gasteiger partial charge in [0.25, 0.3) is 0 Å². The monoisotopic (exact) mass is 474 g/mol. The molecule has 0 saturated carbocycles. The Morgan fingerprint density at radius 2 is 0.750 bits per heavy atom. The van der Waals surface area contributed by atoms with Crippen LogP contribution in [0.4, 0.5) is 0 Å². The molecule has 1 heterocycles. The van der Waals surface area contributed by atoms with Gasteiger partial charge in [-0.15, -0.1) is 0 Å². The topological polar surface area (TPSA) is 40.6 Å². The summed E-state index contributed by atoms with van der Waals surface area (Å²) in [5, 5.41) is 0. The van der Waals surface area contributed by atoms with E-state index >= 15 is 0 Å². The quantitative estimate of drug-likeness (QED) is 0.371. The summed E-state index contributed by atoms with van der Waals surface area (Å²) >= 11 is 0. The Kier molecular flexibility index (Phi) is 7.23. The van der Waals surface area contributed by atoms with Gasteiger partial charge in [-0.2, -0.15) is 0 Å². The molecule has 5 rings (SSSR count). The molecule has 1 saturated heterocycles. The summed E-state index contributed by atoms with van der Waals surface area (Å²) in [6.07, 6.45) is 0.771. The number of hydrogen-bond donors (Lipinski definition) is 0. The van der Waals surface area contributed by atoms with Gasteiger partial charge in [-0.25, -0.2) is 0 Å². The molecular weight excluding hydrogens is 444 g/mol. The van der Waals surface area contributed by atoms with Crippen LogP contribution in [0.5, 0.6) is 0 Å². The molecule has 0 atom stereocenters. The smallest absolute Gasteiger partial charge is 0.227 e. The van der Waals surface area contributed by atoms with Gasteiger partial charge in [-0.1, -0.05) is 109 Å². The van der Waals surface area contributed by atoms with Crippen LogP contribution in [0.2, 0.25) is 0 Å². The molecule has 1 fully saturated rings. The molecule has 1 aliphatic heterocycles. The lowest BCUT2D eigenvalue weighted by molar-refractivity contribution is -0.138. The van der Waals surface area contributed by atoms with Crippen LogP contribution in [0.3, 0.4) is 0 Å². The SMILES string of the molecule is O=C(Cc1ccc(-c2ccccc2)cc1)N1CCN(C(=O)Cc2ccc(-c3ccccc3)cc2)CC1. The van der Waals surface area contributed by atoms with E-state index in [1.807, 2.05) is 70.5 Å². The highest BCUT2D eigenvalue weighted by Gasteiger charge is 2.24. The molecule has 0 N–H and O–H groups in total. The number of benzene rings is 4. The maximum Gasteiger partial charge on any atom is 0.227 e. The van der Waals surface area contributed by atoms with E-state index in [4.69, 9.17) is 0 Å². The molecule has 0 radical (unpaired) electrons. The van der Waals surface area contributed by atoms with Gasteiger partial charge in [-0.3, -0.25) is 9.59 Å². The molecule has 4 heteroatoms. The van der Waals surface area contributed by atoms with Gasteiger partial charge < -0.3 is 9.80 Å². The van der Waals surface area contributed by atoms with Gasteiger partial charge in [0, 0.05) is 26.2 Å². The molecule has 180 valence electrons. The maximum atomic E-state index is 12.9. The Morgan fingerprint density at radius 3 is 1.08 bits per heavy atom. The molecule has 0 aliphatic carbocycles. The summed E-state index contributed by atoms with van der Waals surface area (Å²) in [6.45, 7) is 2.33. The first kappa shape index (κ1) is 23.6. The molecule has 36 heavy (non-hydrogen) atoms. The van der Waals surface area contributed by atoms with Crippen LogP contribution in [-0.4, -0.2) is 47.8 Å². The molecule has 0 bridgehead atoms. The van der Waals surface area contributed by atoms with Crippen molar-refractivity contribution in [1.82, 2.24) is 9.80 Å². The third-order valence-corrected chi connectivity index (χ3v) is 6.82. The molecule has 0 spiro atoms. The predicted molar refractivity (Wildman–Crippen MR) is 144 cm³/mol. The lowest BCUT2D eigenvalue weighted by atomic mass is 10.0. The van der Waals surface area contributed by atoms with E-state index in [0.29, 0.717) is 39.0 Å². The van der Waals surface area contributed by atoms with Crippen molar-refractivity contribution in [2.75, 3.05) is 26.2 Å². The summed E-state index contributed by atoms with van der Waals surface area (Å²) in [5.41, 5.74) is 6.66. The van der Waals surface area contributed by atoms with Crippen LogP contribution in [0.15, 0.2) is 109 Å². The van der Waals surface area contributed by atoms with Gasteiger partial charge in [0.1, 0.15) is 0 Å². The number of piperazine rings is 1. The molecule has 1 aliphatic rings. The van der Waals surface area contributed by atoms with Gasteiger partial charge in [0.2, 0.25) is 11.8 Å². The van der Waals surface area contributed by atoms with Gasteiger partial charge >= 0.3 is 0 Å². The van der Waals surface area contributed by atoms with Crippen molar-refractivity contribution < 1.29 is 9.59 Å².